The van der Waals surface area contributed by atoms with Crippen LogP contribution in [0.2, 0.25) is 0 Å². The van der Waals surface area contributed by atoms with Crippen LogP contribution in [0.15, 0.2) is 303 Å². The number of fused-ring (bicyclic) bond motifs is 9. The smallest absolute Gasteiger partial charge is 0.100 e. The third kappa shape index (κ3) is 8.78. The van der Waals surface area contributed by atoms with Crippen LogP contribution in [0.25, 0.3) is 161 Å². The summed E-state index contributed by atoms with van der Waals surface area (Å²) in [6.07, 6.45) is 0. The van der Waals surface area contributed by atoms with Gasteiger partial charge in [-0.1, -0.05) is 206 Å². The Balaban J connectivity index is 1.01. The third-order valence-corrected chi connectivity index (χ3v) is 18.2. The molecule has 0 N–H and O–H groups in total. The van der Waals surface area contributed by atoms with Gasteiger partial charge in [-0.25, -0.2) is 4.98 Å². The highest BCUT2D eigenvalue weighted by Gasteiger charge is 2.31. The number of hydrogen-bond acceptors (Lipinski definition) is 3. The molecule has 6 heteroatoms. The maximum absolute atomic E-state index is 12.6. The van der Waals surface area contributed by atoms with Crippen molar-refractivity contribution in [2.45, 2.75) is 13.8 Å². The molecule has 0 bridgehead atoms. The zero-order valence-corrected chi connectivity index (χ0v) is 50.1. The number of aryl methyl sites for hydroxylation is 2. The molecule has 6 nitrogen and oxygen atoms in total. The van der Waals surface area contributed by atoms with E-state index < -0.39 is 0 Å². The van der Waals surface area contributed by atoms with E-state index >= 15 is 0 Å². The van der Waals surface area contributed by atoms with E-state index in [0.29, 0.717) is 5.56 Å². The van der Waals surface area contributed by atoms with E-state index in [4.69, 9.17) is 9.97 Å². The maximum atomic E-state index is 12.6. The number of pyridine rings is 2. The van der Waals surface area contributed by atoms with Crippen molar-refractivity contribution in [3.63, 3.8) is 0 Å². The molecular formula is C85H56N6. The van der Waals surface area contributed by atoms with E-state index in [2.05, 4.69) is 325 Å². The highest BCUT2D eigenvalue weighted by Crippen LogP contribution is 2.54. The van der Waals surface area contributed by atoms with Crippen molar-refractivity contribution in [2.75, 3.05) is 0 Å². The second-order valence-corrected chi connectivity index (χ2v) is 23.6. The van der Waals surface area contributed by atoms with Gasteiger partial charge in [-0.15, -0.1) is 0 Å². The predicted molar refractivity (Wildman–Crippen MR) is 377 cm³/mol. The summed E-state index contributed by atoms with van der Waals surface area (Å²) in [5.74, 6) is 0. The summed E-state index contributed by atoms with van der Waals surface area (Å²) >= 11 is 0. The summed E-state index contributed by atoms with van der Waals surface area (Å²) in [6.45, 7) is 4.13. The molecule has 0 aliphatic rings. The fraction of sp³-hybridized carbons (Fsp3) is 0.0235. The Hall–Kier alpha value is -12.2. The number of nitrogens with zero attached hydrogens (tertiary/aromatic N) is 6. The number of hydrogen-bond donors (Lipinski definition) is 0. The third-order valence-electron chi connectivity index (χ3n) is 18.2. The number of nitriles is 1. The van der Waals surface area contributed by atoms with Crippen molar-refractivity contribution in [3.8, 4) is 101 Å². The second-order valence-electron chi connectivity index (χ2n) is 23.6. The molecule has 0 fully saturated rings. The first kappa shape index (κ1) is 53.1. The Morgan fingerprint density at radius 2 is 0.516 bits per heavy atom. The lowest BCUT2D eigenvalue weighted by molar-refractivity contribution is 1.12. The van der Waals surface area contributed by atoms with Crippen molar-refractivity contribution >= 4 is 65.4 Å². The van der Waals surface area contributed by atoms with Crippen LogP contribution in [0.5, 0.6) is 0 Å². The van der Waals surface area contributed by atoms with Crippen molar-refractivity contribution < 1.29 is 0 Å². The topological polar surface area (TPSA) is 64.4 Å². The molecule has 0 radical (unpaired) electrons. The molecule has 0 aliphatic heterocycles. The van der Waals surface area contributed by atoms with E-state index in [-0.39, 0.29) is 0 Å². The molecule has 0 spiro atoms. The van der Waals surface area contributed by atoms with E-state index in [0.717, 1.165) is 140 Å². The summed E-state index contributed by atoms with van der Waals surface area (Å²) in [7, 11) is 0. The van der Waals surface area contributed by atoms with Crippen LogP contribution in [0, 0.1) is 25.2 Å². The molecule has 5 heterocycles. The van der Waals surface area contributed by atoms with Gasteiger partial charge in [0.15, 0.2) is 0 Å². The molecule has 0 saturated carbocycles. The highest BCUT2D eigenvalue weighted by atomic mass is 15.0. The monoisotopic (exact) mass is 1160 g/mol. The Morgan fingerprint density at radius 3 is 0.846 bits per heavy atom. The van der Waals surface area contributed by atoms with Gasteiger partial charge < -0.3 is 13.7 Å². The minimum Gasteiger partial charge on any atom is -0.309 e. The molecule has 426 valence electrons. The summed E-state index contributed by atoms with van der Waals surface area (Å²) < 4.78 is 7.10. The Kier molecular flexibility index (Phi) is 12.6. The first-order valence-electron chi connectivity index (χ1n) is 30.9. The average Bonchev–Trinajstić information content (AvgIpc) is 1.54. The number of rotatable bonds is 10. The standard InChI is InChI=1S/C85H56N6/c1-54-49-61(50-55(2)87-54)85-82(62-51-73(56-21-5-3-6-22-56)88-74(52-62)57-23-7-4-8-24-57)72(53-86)81(58-37-43-63(44-38-58)89-75-31-15-9-25-66(75)67-26-10-16-32-76(67)89)83(59-39-45-64(46-40-59)90-77-33-17-11-27-68(77)69-28-12-18-34-78(69)90)84(85)60-41-47-65(48-42-60)91-79-35-19-13-29-70(79)71-30-14-20-36-80(71)91/h3-52H,1-2H3. The second kappa shape index (κ2) is 21.6. The zero-order chi connectivity index (χ0) is 60.7. The van der Waals surface area contributed by atoms with Gasteiger partial charge in [-0.05, 0) is 155 Å². The Labute approximate surface area is 526 Å². The summed E-state index contributed by atoms with van der Waals surface area (Å²) in [5, 5.41) is 19.8. The van der Waals surface area contributed by atoms with Gasteiger partial charge in [-0.2, -0.15) is 5.26 Å². The Bertz CT molecular complexity index is 5530. The van der Waals surface area contributed by atoms with E-state index in [1.807, 2.05) is 12.1 Å². The van der Waals surface area contributed by atoms with Gasteiger partial charge in [0.25, 0.3) is 0 Å². The molecule has 0 saturated heterocycles. The summed E-state index contributed by atoms with van der Waals surface area (Å²) in [5.41, 5.74) is 24.9. The number of aromatic nitrogens is 5. The van der Waals surface area contributed by atoms with Gasteiger partial charge >= 0.3 is 0 Å². The van der Waals surface area contributed by atoms with Crippen LogP contribution >= 0.6 is 0 Å². The minimum absolute atomic E-state index is 0.545. The van der Waals surface area contributed by atoms with Gasteiger partial charge in [0.05, 0.1) is 50.1 Å². The predicted octanol–water partition coefficient (Wildman–Crippen LogP) is 21.9. The fourth-order valence-corrected chi connectivity index (χ4v) is 14.4. The van der Waals surface area contributed by atoms with E-state index in [9.17, 15) is 5.26 Å². The lowest BCUT2D eigenvalue weighted by atomic mass is 9.75. The maximum Gasteiger partial charge on any atom is 0.100 e. The Morgan fingerprint density at radius 1 is 0.253 bits per heavy atom. The molecule has 17 aromatic rings. The van der Waals surface area contributed by atoms with Gasteiger partial charge in [0.1, 0.15) is 6.07 Å². The van der Waals surface area contributed by atoms with Gasteiger partial charge in [0.2, 0.25) is 0 Å². The quantitative estimate of drug-likeness (QED) is 0.137. The SMILES string of the molecule is Cc1cc(-c2c(-c3cc(-c4ccccc4)nc(-c4ccccc4)c3)c(C#N)c(-c3ccc(-n4c5ccccc5c5ccccc54)cc3)c(-c3ccc(-n4c5ccccc5c5ccccc54)cc3)c2-c2ccc(-n3c4ccccc4c4ccccc43)cc2)cc(C)n1. The molecule has 0 atom stereocenters. The molecule has 12 aromatic carbocycles. The molecule has 0 unspecified atom stereocenters. The highest BCUT2D eigenvalue weighted by molar-refractivity contribution is 6.14. The first-order valence-corrected chi connectivity index (χ1v) is 30.9. The van der Waals surface area contributed by atoms with Crippen LogP contribution in [0.4, 0.5) is 0 Å². The van der Waals surface area contributed by atoms with Crippen molar-refractivity contribution in [1.82, 2.24) is 23.7 Å². The van der Waals surface area contributed by atoms with Crippen LogP contribution in [-0.2, 0) is 0 Å². The zero-order valence-electron chi connectivity index (χ0n) is 50.1. The molecular weight excluding hydrogens is 1100 g/mol. The molecule has 91 heavy (non-hydrogen) atoms. The number of benzene rings is 12. The fourth-order valence-electron chi connectivity index (χ4n) is 14.4. The van der Waals surface area contributed by atoms with Crippen molar-refractivity contribution in [3.05, 3.63) is 320 Å². The van der Waals surface area contributed by atoms with Crippen molar-refractivity contribution in [1.29, 1.82) is 5.26 Å². The summed E-state index contributed by atoms with van der Waals surface area (Å²) in [6, 6.07) is 111. The lowest BCUT2D eigenvalue weighted by Gasteiger charge is -2.27. The average molecular weight is 1160 g/mol. The van der Waals surface area contributed by atoms with Crippen molar-refractivity contribution in [2.24, 2.45) is 0 Å². The van der Waals surface area contributed by atoms with Crippen LogP contribution in [0.1, 0.15) is 17.0 Å². The molecule has 5 aromatic heterocycles. The molecule has 0 amide bonds. The molecule has 17 rings (SSSR count). The van der Waals surface area contributed by atoms with Crippen LogP contribution in [0.3, 0.4) is 0 Å². The van der Waals surface area contributed by atoms with Gasteiger partial charge in [-0.3, -0.25) is 4.98 Å². The minimum atomic E-state index is 0.545. The van der Waals surface area contributed by atoms with Gasteiger partial charge in [0, 0.05) is 83.0 Å². The molecule has 0 aliphatic carbocycles. The van der Waals surface area contributed by atoms with E-state index in [1.165, 1.54) is 32.3 Å². The first-order chi connectivity index (χ1) is 44.9. The van der Waals surface area contributed by atoms with Crippen LogP contribution in [-0.4, -0.2) is 23.7 Å². The van der Waals surface area contributed by atoms with E-state index in [1.54, 1.807) is 0 Å². The summed E-state index contributed by atoms with van der Waals surface area (Å²) in [4.78, 5) is 10.4. The normalized spacial score (nSPS) is 11.6. The lowest BCUT2D eigenvalue weighted by Crippen LogP contribution is -2.04. The number of para-hydroxylation sites is 6. The largest absolute Gasteiger partial charge is 0.309 e. The van der Waals surface area contributed by atoms with Crippen LogP contribution < -0.4 is 0 Å².